The molecule has 2 N–H and O–H groups in total. The normalized spacial score (nSPS) is 22.9. The van der Waals surface area contributed by atoms with Gasteiger partial charge in [0.1, 0.15) is 0 Å². The molecule has 1 aromatic heterocycles. The van der Waals surface area contributed by atoms with Crippen LogP contribution in [0.3, 0.4) is 0 Å². The molecule has 4 rings (SSSR count). The summed E-state index contributed by atoms with van der Waals surface area (Å²) in [6.45, 7) is 6.73. The minimum atomic E-state index is 0.0324. The number of benzene rings is 1. The van der Waals surface area contributed by atoms with Crippen molar-refractivity contribution in [2.45, 2.75) is 12.5 Å². The van der Waals surface area contributed by atoms with Gasteiger partial charge in [0, 0.05) is 38.8 Å². The fourth-order valence-electron chi connectivity index (χ4n) is 3.53. The number of anilines is 1. The summed E-state index contributed by atoms with van der Waals surface area (Å²) in [4.78, 5) is 21.5. The van der Waals surface area contributed by atoms with Crippen LogP contribution in [-0.2, 0) is 4.79 Å². The van der Waals surface area contributed by atoms with Crippen LogP contribution >= 0.6 is 11.3 Å². The lowest BCUT2D eigenvalue weighted by atomic mass is 10.2. The van der Waals surface area contributed by atoms with Crippen molar-refractivity contribution in [2.24, 2.45) is 0 Å². The minimum absolute atomic E-state index is 0.0324. The maximum Gasteiger partial charge on any atom is 0.240 e. The molecule has 1 unspecified atom stereocenters. The summed E-state index contributed by atoms with van der Waals surface area (Å²) in [7, 11) is 0. The number of hydrogen-bond acceptors (Lipinski definition) is 6. The lowest BCUT2D eigenvalue weighted by molar-refractivity contribution is -0.117. The van der Waals surface area contributed by atoms with Gasteiger partial charge in [0.2, 0.25) is 5.91 Å². The Morgan fingerprint density at radius 2 is 2.12 bits per heavy atom. The molecule has 1 atom stereocenters. The molecule has 6 nitrogen and oxygen atoms in total. The number of nitrogens with one attached hydrogen (secondary N) is 2. The van der Waals surface area contributed by atoms with Crippen molar-refractivity contribution in [3.05, 3.63) is 24.3 Å². The first kappa shape index (κ1) is 16.0. The van der Waals surface area contributed by atoms with Gasteiger partial charge in [-0.3, -0.25) is 14.6 Å². The monoisotopic (exact) mass is 345 g/mol. The standard InChI is InChI=1S/C17H23N5OS/c23-16(20-17-19-14-3-1-2-4-15(14)24-17)12-21-7-9-22(10-8-21)13-5-6-18-11-13/h1-4,13,18H,5-12H2,(H,19,20,23). The molecule has 2 aliphatic heterocycles. The first-order valence-corrected chi connectivity index (χ1v) is 9.42. The van der Waals surface area contributed by atoms with Gasteiger partial charge in [0.15, 0.2) is 5.13 Å². The van der Waals surface area contributed by atoms with Gasteiger partial charge in [-0.25, -0.2) is 4.98 Å². The summed E-state index contributed by atoms with van der Waals surface area (Å²) in [5.41, 5.74) is 0.941. The molecular formula is C17H23N5OS. The van der Waals surface area contributed by atoms with Crippen LogP contribution < -0.4 is 10.6 Å². The van der Waals surface area contributed by atoms with Crippen LogP contribution in [0.5, 0.6) is 0 Å². The third kappa shape index (κ3) is 3.59. The van der Waals surface area contributed by atoms with Crippen molar-refractivity contribution in [1.82, 2.24) is 20.1 Å². The number of piperazine rings is 1. The molecule has 2 aliphatic rings. The molecule has 0 bridgehead atoms. The van der Waals surface area contributed by atoms with Crippen LogP contribution in [0.25, 0.3) is 10.2 Å². The quantitative estimate of drug-likeness (QED) is 0.872. The number of nitrogens with zero attached hydrogens (tertiary/aromatic N) is 3. The number of para-hydroxylation sites is 1. The van der Waals surface area contributed by atoms with E-state index in [-0.39, 0.29) is 5.91 Å². The summed E-state index contributed by atoms with van der Waals surface area (Å²) in [5, 5.41) is 7.07. The van der Waals surface area contributed by atoms with Crippen molar-refractivity contribution in [1.29, 1.82) is 0 Å². The number of carbonyl (C=O) groups is 1. The maximum absolute atomic E-state index is 12.3. The Morgan fingerprint density at radius 3 is 2.88 bits per heavy atom. The lowest BCUT2D eigenvalue weighted by Gasteiger charge is -2.37. The molecular weight excluding hydrogens is 322 g/mol. The second kappa shape index (κ2) is 7.14. The molecule has 2 aromatic rings. The molecule has 1 aromatic carbocycles. The molecule has 2 saturated heterocycles. The molecule has 24 heavy (non-hydrogen) atoms. The van der Waals surface area contributed by atoms with Gasteiger partial charge in [-0.15, -0.1) is 0 Å². The van der Waals surface area contributed by atoms with E-state index in [0.717, 1.165) is 49.5 Å². The van der Waals surface area contributed by atoms with Gasteiger partial charge in [-0.05, 0) is 25.1 Å². The van der Waals surface area contributed by atoms with Crippen LogP contribution in [0, 0.1) is 0 Å². The third-order valence-corrected chi connectivity index (χ3v) is 5.82. The van der Waals surface area contributed by atoms with Gasteiger partial charge >= 0.3 is 0 Å². The Bertz CT molecular complexity index is 671. The SMILES string of the molecule is O=C(CN1CCN(C2CCNC2)CC1)Nc1nc2ccccc2s1. The Balaban J connectivity index is 1.27. The molecule has 2 fully saturated rings. The number of carbonyl (C=O) groups excluding carboxylic acids is 1. The van der Waals surface area contributed by atoms with E-state index >= 15 is 0 Å². The van der Waals surface area contributed by atoms with Crippen LogP contribution in [-0.4, -0.2) is 72.5 Å². The fraction of sp³-hybridized carbons (Fsp3) is 0.529. The largest absolute Gasteiger partial charge is 0.315 e. The van der Waals surface area contributed by atoms with Gasteiger partial charge in [0.25, 0.3) is 0 Å². The highest BCUT2D eigenvalue weighted by Gasteiger charge is 2.26. The van der Waals surface area contributed by atoms with Crippen molar-refractivity contribution in [3.8, 4) is 0 Å². The third-order valence-electron chi connectivity index (χ3n) is 4.87. The summed E-state index contributed by atoms with van der Waals surface area (Å²) in [5.74, 6) is 0.0324. The summed E-state index contributed by atoms with van der Waals surface area (Å²) >= 11 is 1.53. The van der Waals surface area contributed by atoms with E-state index in [4.69, 9.17) is 0 Å². The van der Waals surface area contributed by atoms with Crippen molar-refractivity contribution < 1.29 is 4.79 Å². The maximum atomic E-state index is 12.3. The van der Waals surface area contributed by atoms with Crippen LogP contribution in [0.2, 0.25) is 0 Å². The van der Waals surface area contributed by atoms with Gasteiger partial charge < -0.3 is 10.6 Å². The van der Waals surface area contributed by atoms with E-state index in [1.807, 2.05) is 24.3 Å². The first-order valence-electron chi connectivity index (χ1n) is 8.60. The van der Waals surface area contributed by atoms with E-state index in [0.29, 0.717) is 17.7 Å². The van der Waals surface area contributed by atoms with Gasteiger partial charge in [-0.2, -0.15) is 0 Å². The fourth-order valence-corrected chi connectivity index (χ4v) is 4.41. The first-order chi connectivity index (χ1) is 11.8. The number of hydrogen-bond donors (Lipinski definition) is 2. The minimum Gasteiger partial charge on any atom is -0.315 e. The summed E-state index contributed by atoms with van der Waals surface area (Å²) in [6, 6.07) is 8.64. The zero-order valence-electron chi connectivity index (χ0n) is 13.7. The Morgan fingerprint density at radius 1 is 1.29 bits per heavy atom. The molecule has 0 saturated carbocycles. The van der Waals surface area contributed by atoms with Crippen LogP contribution in [0.4, 0.5) is 5.13 Å². The molecule has 3 heterocycles. The van der Waals surface area contributed by atoms with E-state index in [1.54, 1.807) is 0 Å². The second-order valence-electron chi connectivity index (χ2n) is 6.49. The number of aromatic nitrogens is 1. The molecule has 0 aliphatic carbocycles. The molecule has 7 heteroatoms. The Labute approximate surface area is 145 Å². The topological polar surface area (TPSA) is 60.5 Å². The summed E-state index contributed by atoms with van der Waals surface area (Å²) < 4.78 is 1.10. The molecule has 0 radical (unpaired) electrons. The second-order valence-corrected chi connectivity index (χ2v) is 7.52. The highest BCUT2D eigenvalue weighted by molar-refractivity contribution is 7.22. The van der Waals surface area contributed by atoms with Gasteiger partial charge in [0.05, 0.1) is 16.8 Å². The number of amides is 1. The van der Waals surface area contributed by atoms with Crippen molar-refractivity contribution in [3.63, 3.8) is 0 Å². The Hall–Kier alpha value is -1.54. The predicted octanol–water partition coefficient (Wildman–Crippen LogP) is 1.21. The predicted molar refractivity (Wildman–Crippen MR) is 97.5 cm³/mol. The summed E-state index contributed by atoms with van der Waals surface area (Å²) in [6.07, 6.45) is 1.25. The van der Waals surface area contributed by atoms with E-state index in [9.17, 15) is 4.79 Å². The molecule has 0 spiro atoms. The van der Waals surface area contributed by atoms with E-state index < -0.39 is 0 Å². The zero-order valence-corrected chi connectivity index (χ0v) is 14.5. The van der Waals surface area contributed by atoms with Crippen molar-refractivity contribution >= 4 is 32.6 Å². The van der Waals surface area contributed by atoms with Crippen molar-refractivity contribution in [2.75, 3.05) is 51.1 Å². The average molecular weight is 345 g/mol. The van der Waals surface area contributed by atoms with Crippen LogP contribution in [0.15, 0.2) is 24.3 Å². The lowest BCUT2D eigenvalue weighted by Crippen LogP contribution is -2.52. The highest BCUT2D eigenvalue weighted by Crippen LogP contribution is 2.25. The highest BCUT2D eigenvalue weighted by atomic mass is 32.1. The number of thiazole rings is 1. The number of rotatable bonds is 4. The van der Waals surface area contributed by atoms with Crippen LogP contribution in [0.1, 0.15) is 6.42 Å². The molecule has 128 valence electrons. The van der Waals surface area contributed by atoms with E-state index in [1.165, 1.54) is 17.8 Å². The van der Waals surface area contributed by atoms with Gasteiger partial charge in [-0.1, -0.05) is 23.5 Å². The van der Waals surface area contributed by atoms with E-state index in [2.05, 4.69) is 25.4 Å². The Kier molecular flexibility index (Phi) is 4.75. The number of fused-ring (bicyclic) bond motifs is 1. The average Bonchev–Trinajstić information content (AvgIpc) is 3.24. The smallest absolute Gasteiger partial charge is 0.240 e. The molecule has 1 amide bonds. The zero-order chi connectivity index (χ0) is 16.4.